The van der Waals surface area contributed by atoms with Gasteiger partial charge in [0.15, 0.2) is 9.84 Å². The van der Waals surface area contributed by atoms with E-state index >= 15 is 0 Å². The molecule has 8 nitrogen and oxygen atoms in total. The van der Waals surface area contributed by atoms with Crippen LogP contribution in [-0.4, -0.2) is 53.3 Å². The Bertz CT molecular complexity index is 1130. The van der Waals surface area contributed by atoms with Crippen molar-refractivity contribution < 1.29 is 18.1 Å². The number of hydrogen-bond acceptors (Lipinski definition) is 5. The van der Waals surface area contributed by atoms with E-state index in [1.165, 1.54) is 0 Å². The van der Waals surface area contributed by atoms with Gasteiger partial charge in [-0.05, 0) is 36.8 Å². The summed E-state index contributed by atoms with van der Waals surface area (Å²) in [6.45, 7) is 3.63. The summed E-state index contributed by atoms with van der Waals surface area (Å²) in [4.78, 5) is 22.7. The number of anilines is 1. The first kappa shape index (κ1) is 18.6. The quantitative estimate of drug-likeness (QED) is 0.648. The molecule has 0 aliphatic carbocycles. The smallest absolute Gasteiger partial charge is 0.293 e. The molecule has 0 radical (unpaired) electrons. The van der Waals surface area contributed by atoms with Crippen molar-refractivity contribution in [1.29, 1.82) is 0 Å². The number of quaternary nitrogens is 1. The molecular weight excluding hydrogens is 378 g/mol. The van der Waals surface area contributed by atoms with Crippen LogP contribution in [0.15, 0.2) is 42.7 Å². The van der Waals surface area contributed by atoms with Crippen molar-refractivity contribution in [2.45, 2.75) is 13.5 Å². The number of fused-ring (bicyclic) bond motifs is 1. The molecule has 9 heteroatoms. The number of hydrogen-bond donors (Lipinski definition) is 2. The van der Waals surface area contributed by atoms with Crippen LogP contribution in [0.3, 0.4) is 0 Å². The Labute approximate surface area is 163 Å². The standard InChI is InChI=1S/C19H21N5O3S/c1-14-5-6-20-17(12-14)22-19(25)18-21-15(16-4-2-3-7-24(16)18)13-23-8-10-28(26,27)11-9-23/h2-7,12H,8-11,13H2,1H3,(H,20,22,25)/p+1. The number of amides is 1. The lowest BCUT2D eigenvalue weighted by atomic mass is 10.3. The Morgan fingerprint density at radius 1 is 1.25 bits per heavy atom. The predicted molar refractivity (Wildman–Crippen MR) is 105 cm³/mol. The number of carbonyl (C=O) groups excluding carboxylic acids is 1. The molecule has 146 valence electrons. The molecule has 1 fully saturated rings. The molecule has 3 aromatic heterocycles. The zero-order valence-corrected chi connectivity index (χ0v) is 16.4. The van der Waals surface area contributed by atoms with Crippen LogP contribution in [-0.2, 0) is 16.4 Å². The van der Waals surface area contributed by atoms with E-state index in [0.29, 0.717) is 25.5 Å². The SMILES string of the molecule is Cc1ccnc(NC(=O)c2nc(C[NH+]3CCS(=O)(=O)CC3)c3ccccn23)c1. The molecule has 2 N–H and O–H groups in total. The summed E-state index contributed by atoms with van der Waals surface area (Å²) in [5, 5.41) is 2.80. The number of imidazole rings is 1. The molecule has 1 aliphatic rings. The number of carbonyl (C=O) groups is 1. The molecule has 4 rings (SSSR count). The van der Waals surface area contributed by atoms with Gasteiger partial charge in [0.1, 0.15) is 18.1 Å². The number of rotatable bonds is 4. The summed E-state index contributed by atoms with van der Waals surface area (Å²) in [6, 6.07) is 9.33. The Morgan fingerprint density at radius 2 is 2.04 bits per heavy atom. The molecule has 0 spiro atoms. The summed E-state index contributed by atoms with van der Waals surface area (Å²) >= 11 is 0. The van der Waals surface area contributed by atoms with Crippen molar-refractivity contribution in [3.05, 3.63) is 59.8 Å². The molecule has 0 aromatic carbocycles. The van der Waals surface area contributed by atoms with Gasteiger partial charge < -0.3 is 10.2 Å². The highest BCUT2D eigenvalue weighted by Gasteiger charge is 2.27. The third-order valence-corrected chi connectivity index (χ3v) is 6.59. The van der Waals surface area contributed by atoms with Gasteiger partial charge in [0.2, 0.25) is 5.82 Å². The minimum absolute atomic E-state index is 0.195. The van der Waals surface area contributed by atoms with Crippen LogP contribution in [0.25, 0.3) is 5.52 Å². The second-order valence-corrected chi connectivity index (χ2v) is 9.39. The molecule has 28 heavy (non-hydrogen) atoms. The molecule has 1 amide bonds. The maximum Gasteiger partial charge on any atom is 0.293 e. The number of aromatic nitrogens is 3. The van der Waals surface area contributed by atoms with E-state index in [1.807, 2.05) is 31.2 Å². The summed E-state index contributed by atoms with van der Waals surface area (Å²) in [7, 11) is -2.91. The first-order valence-electron chi connectivity index (χ1n) is 9.15. The molecular formula is C19H22N5O3S+. The highest BCUT2D eigenvalue weighted by Crippen LogP contribution is 2.14. The fourth-order valence-corrected chi connectivity index (χ4v) is 4.81. The fourth-order valence-electron chi connectivity index (χ4n) is 3.41. The summed E-state index contributed by atoms with van der Waals surface area (Å²) < 4.78 is 25.1. The second-order valence-electron chi connectivity index (χ2n) is 7.09. The minimum Gasteiger partial charge on any atom is -0.328 e. The fraction of sp³-hybridized carbons (Fsp3) is 0.316. The minimum atomic E-state index is -2.91. The molecule has 0 bridgehead atoms. The van der Waals surface area contributed by atoms with Crippen LogP contribution < -0.4 is 10.2 Å². The van der Waals surface area contributed by atoms with Crippen LogP contribution in [0.5, 0.6) is 0 Å². The van der Waals surface area contributed by atoms with Gasteiger partial charge in [-0.25, -0.2) is 18.4 Å². The number of pyridine rings is 2. The van der Waals surface area contributed by atoms with Crippen molar-refractivity contribution in [3.63, 3.8) is 0 Å². The van der Waals surface area contributed by atoms with E-state index in [1.54, 1.807) is 22.9 Å². The molecule has 3 aromatic rings. The van der Waals surface area contributed by atoms with Crippen molar-refractivity contribution in [2.75, 3.05) is 29.9 Å². The molecule has 0 saturated carbocycles. The molecule has 4 heterocycles. The maximum atomic E-state index is 12.8. The Kier molecular flexibility index (Phi) is 4.86. The Morgan fingerprint density at radius 3 is 2.79 bits per heavy atom. The number of nitrogens with zero attached hydrogens (tertiary/aromatic N) is 3. The van der Waals surface area contributed by atoms with Gasteiger partial charge in [-0.2, -0.15) is 0 Å². The number of aryl methyl sites for hydroxylation is 1. The summed E-state index contributed by atoms with van der Waals surface area (Å²) in [5.74, 6) is 0.826. The lowest BCUT2D eigenvalue weighted by Crippen LogP contribution is -3.13. The third-order valence-electron chi connectivity index (χ3n) is 4.94. The first-order valence-corrected chi connectivity index (χ1v) is 11.0. The largest absolute Gasteiger partial charge is 0.328 e. The van der Waals surface area contributed by atoms with Gasteiger partial charge in [0.05, 0.1) is 30.1 Å². The zero-order valence-electron chi connectivity index (χ0n) is 15.6. The van der Waals surface area contributed by atoms with Crippen LogP contribution in [0.2, 0.25) is 0 Å². The van der Waals surface area contributed by atoms with Crippen molar-refractivity contribution >= 4 is 27.1 Å². The topological polar surface area (TPSA) is 97.9 Å². The highest BCUT2D eigenvalue weighted by atomic mass is 32.2. The van der Waals surface area contributed by atoms with E-state index in [2.05, 4.69) is 15.3 Å². The molecule has 1 saturated heterocycles. The summed E-state index contributed by atoms with van der Waals surface area (Å²) in [6.07, 6.45) is 3.45. The lowest BCUT2D eigenvalue weighted by Gasteiger charge is -2.22. The van der Waals surface area contributed by atoms with Gasteiger partial charge >= 0.3 is 0 Å². The van der Waals surface area contributed by atoms with E-state index in [9.17, 15) is 13.2 Å². The number of nitrogens with one attached hydrogen (secondary N) is 2. The van der Waals surface area contributed by atoms with E-state index in [0.717, 1.165) is 21.7 Å². The van der Waals surface area contributed by atoms with Crippen molar-refractivity contribution in [3.8, 4) is 0 Å². The van der Waals surface area contributed by atoms with Crippen LogP contribution in [0.1, 0.15) is 21.9 Å². The van der Waals surface area contributed by atoms with Crippen molar-refractivity contribution in [1.82, 2.24) is 14.4 Å². The van der Waals surface area contributed by atoms with E-state index in [-0.39, 0.29) is 23.2 Å². The summed E-state index contributed by atoms with van der Waals surface area (Å²) in [5.41, 5.74) is 2.64. The first-order chi connectivity index (χ1) is 13.4. The maximum absolute atomic E-state index is 12.8. The highest BCUT2D eigenvalue weighted by molar-refractivity contribution is 7.91. The average Bonchev–Trinajstić information content (AvgIpc) is 3.02. The Hall–Kier alpha value is -2.78. The van der Waals surface area contributed by atoms with Gasteiger partial charge in [-0.1, -0.05) is 6.07 Å². The van der Waals surface area contributed by atoms with Gasteiger partial charge in [0.25, 0.3) is 5.91 Å². The van der Waals surface area contributed by atoms with Gasteiger partial charge in [0, 0.05) is 12.4 Å². The lowest BCUT2D eigenvalue weighted by molar-refractivity contribution is -0.910. The van der Waals surface area contributed by atoms with Crippen LogP contribution in [0, 0.1) is 6.92 Å². The molecule has 0 atom stereocenters. The second kappa shape index (κ2) is 7.33. The van der Waals surface area contributed by atoms with E-state index in [4.69, 9.17) is 0 Å². The predicted octanol–water partition coefficient (Wildman–Crippen LogP) is 0.103. The normalized spacial score (nSPS) is 16.9. The van der Waals surface area contributed by atoms with Crippen molar-refractivity contribution in [2.24, 2.45) is 0 Å². The molecule has 0 unspecified atom stereocenters. The van der Waals surface area contributed by atoms with Crippen LogP contribution in [0.4, 0.5) is 5.82 Å². The molecule has 1 aliphatic heterocycles. The zero-order chi connectivity index (χ0) is 19.7. The third kappa shape index (κ3) is 3.90. The Balaban J connectivity index is 1.60. The van der Waals surface area contributed by atoms with Gasteiger partial charge in [-0.3, -0.25) is 9.20 Å². The average molecular weight is 400 g/mol. The number of sulfone groups is 1. The monoisotopic (exact) mass is 400 g/mol. The van der Waals surface area contributed by atoms with Crippen LogP contribution >= 0.6 is 0 Å². The van der Waals surface area contributed by atoms with E-state index < -0.39 is 9.84 Å². The van der Waals surface area contributed by atoms with Gasteiger partial charge in [-0.15, -0.1) is 0 Å².